The van der Waals surface area contributed by atoms with Gasteiger partial charge in [-0.1, -0.05) is 73.5 Å². The van der Waals surface area contributed by atoms with E-state index in [-0.39, 0.29) is 68.3 Å². The van der Waals surface area contributed by atoms with Gasteiger partial charge in [0.15, 0.2) is 11.6 Å². The Balaban J connectivity index is 0.000000362. The Kier molecular flexibility index (Phi) is 19.7. The van der Waals surface area contributed by atoms with Gasteiger partial charge in [-0.25, -0.2) is 0 Å². The van der Waals surface area contributed by atoms with Gasteiger partial charge in [0.1, 0.15) is 0 Å². The molecule has 6 heteroatoms. The maximum absolute atomic E-state index is 11.2. The molecule has 0 heterocycles. The second kappa shape index (κ2) is 20.9. The summed E-state index contributed by atoms with van der Waals surface area (Å²) in [6.45, 7) is 19.4. The first-order valence-electron chi connectivity index (χ1n) is 17.4. The number of carbonyl (C=O) groups is 2. The molecule has 4 aliphatic carbocycles. The number of fused-ring (bicyclic) bond motifs is 1. The van der Waals surface area contributed by atoms with Crippen LogP contribution in [0.3, 0.4) is 0 Å². The largest absolute Gasteiger partial charge is 2.00 e. The minimum atomic E-state index is -0.501. The van der Waals surface area contributed by atoms with E-state index in [4.69, 9.17) is 0 Å². The Bertz CT molecular complexity index is 1270. The van der Waals surface area contributed by atoms with Crippen molar-refractivity contribution in [3.8, 4) is 0 Å². The van der Waals surface area contributed by atoms with Crippen LogP contribution in [0, 0.1) is 31.1 Å². The second-order valence-corrected chi connectivity index (χ2v) is 22.8. The first kappa shape index (κ1) is 46.1. The van der Waals surface area contributed by atoms with Crippen molar-refractivity contribution < 1.29 is 47.1 Å². The third-order valence-electron chi connectivity index (χ3n) is 10.0. The van der Waals surface area contributed by atoms with Crippen LogP contribution in [0.4, 0.5) is 0 Å². The third-order valence-corrected chi connectivity index (χ3v) is 18.1. The quantitative estimate of drug-likeness (QED) is 0.175. The van der Waals surface area contributed by atoms with Crippen molar-refractivity contribution in [3.05, 3.63) is 116 Å². The minimum Gasteiger partial charge on any atom is -0.358 e. The van der Waals surface area contributed by atoms with Gasteiger partial charge in [0.2, 0.25) is 0 Å². The zero-order valence-electron chi connectivity index (χ0n) is 31.3. The molecule has 2 fully saturated rings. The summed E-state index contributed by atoms with van der Waals surface area (Å²) < 4.78 is 0. The molecule has 2 nitrogen and oxygen atoms in total. The fourth-order valence-electron chi connectivity index (χ4n) is 7.88. The van der Waals surface area contributed by atoms with Crippen LogP contribution >= 0.6 is 15.8 Å². The molecule has 2 aromatic carbocycles. The molecule has 2 saturated carbocycles. The van der Waals surface area contributed by atoms with Crippen LogP contribution in [0.15, 0.2) is 97.1 Å². The molecule has 0 N–H and O–H groups in total. The van der Waals surface area contributed by atoms with Crippen LogP contribution in [-0.2, 0) is 47.1 Å². The van der Waals surface area contributed by atoms with Crippen LogP contribution in [0.25, 0.3) is 0 Å². The van der Waals surface area contributed by atoms with Gasteiger partial charge in [0.25, 0.3) is 0 Å². The molecule has 272 valence electrons. The Morgan fingerprint density at radius 1 is 0.612 bits per heavy atom. The van der Waals surface area contributed by atoms with Crippen molar-refractivity contribution in [2.45, 2.75) is 116 Å². The van der Waals surface area contributed by atoms with Crippen LogP contribution in [0.1, 0.15) is 93.9 Å². The number of hydrogen-bond acceptors (Lipinski definition) is 2. The third kappa shape index (κ3) is 12.6. The molecule has 4 aliphatic rings. The second-order valence-electron chi connectivity index (χ2n) is 15.6. The van der Waals surface area contributed by atoms with E-state index < -0.39 is 15.8 Å². The van der Waals surface area contributed by atoms with Gasteiger partial charge in [-0.05, 0) is 102 Å². The van der Waals surface area contributed by atoms with E-state index >= 15 is 0 Å². The van der Waals surface area contributed by atoms with Crippen molar-refractivity contribution >= 4 is 38.0 Å². The molecule has 6 rings (SSSR count). The van der Waals surface area contributed by atoms with Gasteiger partial charge in [-0.3, -0.25) is 21.4 Å². The molecular formula is C43H61FeO2P2Pd+. The maximum atomic E-state index is 11.2. The van der Waals surface area contributed by atoms with E-state index in [0.717, 1.165) is 11.3 Å². The summed E-state index contributed by atoms with van der Waals surface area (Å²) in [5, 5.41) is 4.14. The van der Waals surface area contributed by atoms with Gasteiger partial charge in [0, 0.05) is 36.3 Å². The summed E-state index contributed by atoms with van der Waals surface area (Å²) >= 11 is 0. The Labute approximate surface area is 326 Å². The van der Waals surface area contributed by atoms with Crippen molar-refractivity contribution in [2.75, 3.05) is 0 Å². The van der Waals surface area contributed by atoms with Gasteiger partial charge in [-0.15, -0.1) is 0 Å². The van der Waals surface area contributed by atoms with Crippen molar-refractivity contribution in [3.63, 3.8) is 0 Å². The molecule has 0 amide bonds. The van der Waals surface area contributed by atoms with Crippen LogP contribution in [0.2, 0.25) is 0 Å². The van der Waals surface area contributed by atoms with Crippen molar-refractivity contribution in [1.82, 2.24) is 0 Å². The summed E-state index contributed by atoms with van der Waals surface area (Å²) in [7, 11) is -1.00. The van der Waals surface area contributed by atoms with Crippen molar-refractivity contribution in [1.29, 1.82) is 0 Å². The maximum Gasteiger partial charge on any atom is 2.00 e. The van der Waals surface area contributed by atoms with Gasteiger partial charge in [-0.2, -0.15) is 26.7 Å². The fourth-order valence-corrected chi connectivity index (χ4v) is 15.9. The van der Waals surface area contributed by atoms with Crippen LogP contribution in [0.5, 0.6) is 0 Å². The molecule has 0 aromatic heterocycles. The van der Waals surface area contributed by atoms with Gasteiger partial charge in [0.05, 0.1) is 32.8 Å². The number of allylic oxidation sites excluding steroid dienone is 6. The first-order valence-corrected chi connectivity index (χ1v) is 20.6. The number of ketones is 2. The average Bonchev–Trinajstić information content (AvgIpc) is 3.63. The molecular weight excluding hydrogens is 773 g/mol. The number of benzene rings is 2. The summed E-state index contributed by atoms with van der Waals surface area (Å²) in [4.78, 5) is 22.5. The number of carbonyl (C=O) groups excluding carboxylic acids is 2. The van der Waals surface area contributed by atoms with E-state index in [2.05, 4.69) is 116 Å². The molecule has 6 unspecified atom stereocenters. The fraction of sp³-hybridized carbons (Fsp3) is 0.465. The predicted molar refractivity (Wildman–Crippen MR) is 212 cm³/mol. The molecule has 0 aliphatic heterocycles. The summed E-state index contributed by atoms with van der Waals surface area (Å²) in [5.41, 5.74) is 1.78. The Morgan fingerprint density at radius 2 is 0.939 bits per heavy atom. The van der Waals surface area contributed by atoms with Gasteiger partial charge < -0.3 is 7.43 Å². The molecule has 0 saturated heterocycles. The normalized spacial score (nSPS) is 24.5. The van der Waals surface area contributed by atoms with Crippen molar-refractivity contribution in [2.24, 2.45) is 11.8 Å². The number of rotatable bonds is 4. The molecule has 0 spiro atoms. The van der Waals surface area contributed by atoms with E-state index in [1.807, 2.05) is 12.2 Å². The standard InChI is InChI=1S/2C16H24P.C10H8O2.CH3.Fe.Pd/c2*1-13-9-8-12-15(13)17(16(2,3)4)14-10-6-5-7-11-14;11-9-5-6-10(12)8-4-2-1-3-7(8)9;;;/h2*5-7,10-11,15H,8-9,12H2,1-4H3;1-8H;1H3;;/q2*-1;;-1;+2;/p+2. The van der Waals surface area contributed by atoms with Gasteiger partial charge >= 0.3 is 17.1 Å². The first-order chi connectivity index (χ1) is 21.8. The SMILES string of the molecule is C[C-]1CCCC1[PH+](c1ccccc1)C(C)(C)C.C[C-]1CCCC1[PH+](c1ccccc1)C(C)(C)C.O=C1C=CC(=O)C2C=CC=CC12.[CH3-].[Fe+2].[Pd]. The summed E-state index contributed by atoms with van der Waals surface area (Å²) in [5.74, 6) is 3.09. The average molecular weight is 834 g/mol. The predicted octanol–water partition coefficient (Wildman–Crippen LogP) is 10.4. The molecule has 49 heavy (non-hydrogen) atoms. The molecule has 0 radical (unpaired) electrons. The van der Waals surface area contributed by atoms with Crippen LogP contribution in [-0.4, -0.2) is 33.2 Å². The van der Waals surface area contributed by atoms with E-state index in [0.29, 0.717) is 10.3 Å². The molecule has 2 aromatic rings. The molecule has 0 bridgehead atoms. The smallest absolute Gasteiger partial charge is 0.358 e. The van der Waals surface area contributed by atoms with E-state index in [1.165, 1.54) is 50.7 Å². The van der Waals surface area contributed by atoms with Crippen LogP contribution < -0.4 is 10.6 Å². The zero-order chi connectivity index (χ0) is 33.5. The topological polar surface area (TPSA) is 34.1 Å². The summed E-state index contributed by atoms with van der Waals surface area (Å²) in [6, 6.07) is 22.5. The minimum absolute atomic E-state index is 0. The molecule has 6 atom stereocenters. The Morgan fingerprint density at radius 3 is 1.20 bits per heavy atom. The van der Waals surface area contributed by atoms with E-state index in [1.54, 1.807) is 34.6 Å². The monoisotopic (exact) mass is 833 g/mol. The Hall–Kier alpha value is -0.958. The zero-order valence-corrected chi connectivity index (χ0v) is 35.9. The van der Waals surface area contributed by atoms with E-state index in [9.17, 15) is 9.59 Å². The number of hydrogen-bond donors (Lipinski definition) is 0. The summed E-state index contributed by atoms with van der Waals surface area (Å²) in [6.07, 6.45) is 18.3.